The zero-order valence-electron chi connectivity index (χ0n) is 21.4. The van der Waals surface area contributed by atoms with E-state index >= 15 is 0 Å². The topological polar surface area (TPSA) is 132 Å². The Morgan fingerprint density at radius 2 is 1.73 bits per heavy atom. The molecule has 37 heavy (non-hydrogen) atoms. The summed E-state index contributed by atoms with van der Waals surface area (Å²) in [5, 5.41) is 0.103. The predicted octanol–water partition coefficient (Wildman–Crippen LogP) is 3.52. The van der Waals surface area contributed by atoms with Gasteiger partial charge in [-0.2, -0.15) is 0 Å². The molecule has 0 spiro atoms. The smallest absolute Gasteiger partial charge is 0.303 e. The van der Waals surface area contributed by atoms with Gasteiger partial charge >= 0.3 is 17.9 Å². The number of halogens is 1. The number of nitrogens with zero attached hydrogens (tertiary/aromatic N) is 4. The van der Waals surface area contributed by atoms with Crippen LogP contribution in [-0.2, 0) is 33.3 Å². The predicted molar refractivity (Wildman–Crippen MR) is 132 cm³/mol. The summed E-state index contributed by atoms with van der Waals surface area (Å²) in [5.41, 5.74) is 0.591. The fourth-order valence-corrected chi connectivity index (χ4v) is 4.21. The number of imidazole rings is 1. The normalized spacial score (nSPS) is 20.8. The van der Waals surface area contributed by atoms with Gasteiger partial charge in [0.05, 0.1) is 6.33 Å². The molecule has 2 aromatic rings. The lowest BCUT2D eigenvalue weighted by molar-refractivity contribution is -0.166. The van der Waals surface area contributed by atoms with Crippen LogP contribution in [0.5, 0.6) is 0 Å². The molecule has 0 unspecified atom stereocenters. The molecule has 1 saturated heterocycles. The van der Waals surface area contributed by atoms with Crippen LogP contribution in [0.25, 0.3) is 11.2 Å². The highest BCUT2D eigenvalue weighted by Gasteiger charge is 2.51. The number of hydrogen-bond donors (Lipinski definition) is 0. The molecular weight excluding hydrogens is 504 g/mol. The number of rotatable bonds is 10. The number of hydrogen-bond acceptors (Lipinski definition) is 10. The average Bonchev–Trinajstić information content (AvgIpc) is 3.38. The molecule has 1 aliphatic rings. The fraction of sp³-hybridized carbons (Fsp3) is 0.600. The van der Waals surface area contributed by atoms with Crippen LogP contribution >= 0.6 is 11.6 Å². The first kappa shape index (κ1) is 28.3. The molecule has 0 bridgehead atoms. The number of carbonyl (C=O) groups is 3. The lowest BCUT2D eigenvalue weighted by Gasteiger charge is -2.23. The number of unbranched alkanes of at least 4 members (excludes halogenated alkanes) is 5. The minimum absolute atomic E-state index is 0.103. The van der Waals surface area contributed by atoms with Crippen molar-refractivity contribution in [2.75, 3.05) is 6.61 Å². The Morgan fingerprint density at radius 3 is 2.41 bits per heavy atom. The summed E-state index contributed by atoms with van der Waals surface area (Å²) in [6, 6.07) is 0. The maximum atomic E-state index is 11.9. The quantitative estimate of drug-likeness (QED) is 0.146. The van der Waals surface area contributed by atoms with Gasteiger partial charge in [-0.05, 0) is 12.3 Å². The maximum Gasteiger partial charge on any atom is 0.303 e. The van der Waals surface area contributed by atoms with E-state index in [0.29, 0.717) is 17.6 Å². The van der Waals surface area contributed by atoms with Crippen molar-refractivity contribution in [2.24, 2.45) is 0 Å². The Morgan fingerprint density at radius 1 is 1.03 bits per heavy atom. The van der Waals surface area contributed by atoms with Gasteiger partial charge in [-0.25, -0.2) is 15.0 Å². The summed E-state index contributed by atoms with van der Waals surface area (Å²) in [6.07, 6.45) is 3.76. The second-order valence-electron chi connectivity index (χ2n) is 8.64. The Bertz CT molecular complexity index is 1190. The van der Waals surface area contributed by atoms with Crippen molar-refractivity contribution in [2.45, 2.75) is 90.8 Å². The lowest BCUT2D eigenvalue weighted by atomic mass is 10.1. The SMILES string of the molecule is CCCCCCCC#Cc1nc(Cl)c2ncn([C@@H]3O[C@H](COC(C)=O)[C@@H](OC(C)=O)[C@H]3OC(C)=O)c2n1. The fourth-order valence-electron chi connectivity index (χ4n) is 4.00. The van der Waals surface area contributed by atoms with E-state index in [0.717, 1.165) is 12.8 Å². The summed E-state index contributed by atoms with van der Waals surface area (Å²) in [7, 11) is 0. The molecule has 3 heterocycles. The van der Waals surface area contributed by atoms with E-state index in [2.05, 4.69) is 33.7 Å². The minimum atomic E-state index is -1.08. The third-order valence-electron chi connectivity index (χ3n) is 5.60. The molecule has 4 atom stereocenters. The number of aromatic nitrogens is 4. The largest absolute Gasteiger partial charge is 0.463 e. The second-order valence-corrected chi connectivity index (χ2v) is 9.00. The summed E-state index contributed by atoms with van der Waals surface area (Å²) in [5.74, 6) is 4.46. The van der Waals surface area contributed by atoms with Crippen LogP contribution in [-0.4, -0.2) is 62.3 Å². The number of fused-ring (bicyclic) bond motifs is 1. The Labute approximate surface area is 220 Å². The standard InChI is InChI=1S/C25H31ClN4O7/c1-5-6-7-8-9-10-11-12-19-28-23(26)20-24(29-19)30(14-27-20)25-22(36-17(4)33)21(35-16(3)32)18(37-25)13-34-15(2)31/h14,18,21-22,25H,5-10,13H2,1-4H3/t18-,21-,22-,25-/m1/s1. The van der Waals surface area contributed by atoms with E-state index in [4.69, 9.17) is 30.5 Å². The van der Waals surface area contributed by atoms with Gasteiger partial charge in [0.2, 0.25) is 5.82 Å². The van der Waals surface area contributed by atoms with E-state index in [1.807, 2.05) is 0 Å². The van der Waals surface area contributed by atoms with Gasteiger partial charge in [-0.1, -0.05) is 50.1 Å². The first-order valence-corrected chi connectivity index (χ1v) is 12.6. The molecule has 0 aromatic carbocycles. The van der Waals surface area contributed by atoms with Crippen molar-refractivity contribution < 1.29 is 33.3 Å². The van der Waals surface area contributed by atoms with Crippen molar-refractivity contribution in [3.63, 3.8) is 0 Å². The van der Waals surface area contributed by atoms with Gasteiger partial charge < -0.3 is 18.9 Å². The summed E-state index contributed by atoms with van der Waals surface area (Å²) >= 11 is 6.36. The zero-order valence-corrected chi connectivity index (χ0v) is 22.1. The molecule has 12 heteroatoms. The van der Waals surface area contributed by atoms with Gasteiger partial charge in [0.25, 0.3) is 0 Å². The van der Waals surface area contributed by atoms with Crippen LogP contribution in [0.1, 0.15) is 78.3 Å². The highest BCUT2D eigenvalue weighted by Crippen LogP contribution is 2.36. The first-order chi connectivity index (χ1) is 17.7. The van der Waals surface area contributed by atoms with E-state index in [1.165, 1.54) is 50.9 Å². The van der Waals surface area contributed by atoms with Crippen molar-refractivity contribution in [1.29, 1.82) is 0 Å². The van der Waals surface area contributed by atoms with Gasteiger partial charge in [-0.15, -0.1) is 0 Å². The van der Waals surface area contributed by atoms with Crippen LogP contribution in [0.15, 0.2) is 6.33 Å². The second kappa shape index (κ2) is 13.4. The van der Waals surface area contributed by atoms with E-state index < -0.39 is 42.4 Å². The Hall–Kier alpha value is -3.23. The third-order valence-corrected chi connectivity index (χ3v) is 5.86. The summed E-state index contributed by atoms with van der Waals surface area (Å²) < 4.78 is 23.6. The summed E-state index contributed by atoms with van der Waals surface area (Å²) in [4.78, 5) is 48.1. The van der Waals surface area contributed by atoms with Crippen LogP contribution in [0, 0.1) is 11.8 Å². The van der Waals surface area contributed by atoms with E-state index in [-0.39, 0.29) is 17.6 Å². The van der Waals surface area contributed by atoms with Gasteiger partial charge in [0.15, 0.2) is 29.2 Å². The average molecular weight is 535 g/mol. The third kappa shape index (κ3) is 7.63. The Balaban J connectivity index is 1.92. The molecule has 0 N–H and O–H groups in total. The molecule has 1 fully saturated rings. The molecule has 0 amide bonds. The molecule has 2 aromatic heterocycles. The molecule has 3 rings (SSSR count). The van der Waals surface area contributed by atoms with Crippen LogP contribution < -0.4 is 0 Å². The molecule has 0 saturated carbocycles. The molecule has 200 valence electrons. The van der Waals surface area contributed by atoms with Crippen molar-refractivity contribution in [3.05, 3.63) is 17.3 Å². The zero-order chi connectivity index (χ0) is 26.9. The number of ether oxygens (including phenoxy) is 4. The minimum Gasteiger partial charge on any atom is -0.463 e. The van der Waals surface area contributed by atoms with Gasteiger partial charge in [0, 0.05) is 27.2 Å². The van der Waals surface area contributed by atoms with Crippen molar-refractivity contribution >= 4 is 40.7 Å². The van der Waals surface area contributed by atoms with Crippen LogP contribution in [0.3, 0.4) is 0 Å². The number of carbonyl (C=O) groups excluding carboxylic acids is 3. The highest BCUT2D eigenvalue weighted by atomic mass is 35.5. The van der Waals surface area contributed by atoms with Crippen LogP contribution in [0.4, 0.5) is 0 Å². The highest BCUT2D eigenvalue weighted by molar-refractivity contribution is 6.33. The Kier molecular flexibility index (Phi) is 10.2. The maximum absolute atomic E-state index is 11.9. The van der Waals surface area contributed by atoms with Crippen molar-refractivity contribution in [1.82, 2.24) is 19.5 Å². The molecular formula is C25H31ClN4O7. The monoisotopic (exact) mass is 534 g/mol. The molecule has 11 nitrogen and oxygen atoms in total. The van der Waals surface area contributed by atoms with E-state index in [9.17, 15) is 14.4 Å². The van der Waals surface area contributed by atoms with Crippen molar-refractivity contribution in [3.8, 4) is 11.8 Å². The number of esters is 3. The first-order valence-electron chi connectivity index (χ1n) is 12.2. The van der Waals surface area contributed by atoms with Crippen LogP contribution in [0.2, 0.25) is 5.15 Å². The van der Waals surface area contributed by atoms with Gasteiger partial charge in [0.1, 0.15) is 18.2 Å². The molecule has 0 aliphatic carbocycles. The summed E-state index contributed by atoms with van der Waals surface area (Å²) in [6.45, 7) is 5.63. The molecule has 0 radical (unpaired) electrons. The van der Waals surface area contributed by atoms with Gasteiger partial charge in [-0.3, -0.25) is 19.0 Å². The lowest BCUT2D eigenvalue weighted by Crippen LogP contribution is -2.40. The van der Waals surface area contributed by atoms with E-state index in [1.54, 1.807) is 0 Å². The molecule has 1 aliphatic heterocycles.